The lowest BCUT2D eigenvalue weighted by Gasteiger charge is -2.43. The Bertz CT molecular complexity index is 764. The Kier molecular flexibility index (Phi) is 6.70. The average molecular weight is 385 g/mol. The smallest absolute Gasteiger partial charge is 0.193 e. The Balaban J connectivity index is 1.61. The van der Waals surface area contributed by atoms with Gasteiger partial charge in [0.05, 0.1) is 11.9 Å². The number of guanidine groups is 1. The highest BCUT2D eigenvalue weighted by atomic mass is 16.5. The standard InChI is InChI=1S/C21H32N6O/c1-22-20(23-17-21(25(2)3)10-12-28-13-11-21)26(4)15-18-14-24-27(16-18)19-8-6-5-7-9-19/h5-9,14,16H,10-13,15,17H2,1-4H3,(H,22,23). The van der Waals surface area contributed by atoms with Gasteiger partial charge in [0.25, 0.3) is 0 Å². The van der Waals surface area contributed by atoms with Crippen LogP contribution in [0.15, 0.2) is 47.7 Å². The molecule has 1 aromatic heterocycles. The first-order chi connectivity index (χ1) is 13.5. The van der Waals surface area contributed by atoms with Crippen molar-refractivity contribution in [2.24, 2.45) is 4.99 Å². The fraction of sp³-hybridized carbons (Fsp3) is 0.524. The van der Waals surface area contributed by atoms with E-state index < -0.39 is 0 Å². The molecule has 1 saturated heterocycles. The van der Waals surface area contributed by atoms with Crippen molar-refractivity contribution >= 4 is 5.96 Å². The van der Waals surface area contributed by atoms with E-state index in [0.717, 1.165) is 56.4 Å². The van der Waals surface area contributed by atoms with Gasteiger partial charge in [-0.15, -0.1) is 0 Å². The number of aromatic nitrogens is 2. The molecular weight excluding hydrogens is 352 g/mol. The lowest BCUT2D eigenvalue weighted by Crippen LogP contribution is -2.57. The fourth-order valence-corrected chi connectivity index (χ4v) is 3.67. The zero-order valence-corrected chi connectivity index (χ0v) is 17.4. The van der Waals surface area contributed by atoms with Gasteiger partial charge in [-0.25, -0.2) is 4.68 Å². The highest BCUT2D eigenvalue weighted by molar-refractivity contribution is 5.79. The van der Waals surface area contributed by atoms with E-state index in [0.29, 0.717) is 0 Å². The number of aliphatic imine (C=N–C) groups is 1. The molecule has 0 unspecified atom stereocenters. The molecule has 28 heavy (non-hydrogen) atoms. The molecular formula is C21H32N6O. The van der Waals surface area contributed by atoms with Gasteiger partial charge in [-0.1, -0.05) is 18.2 Å². The van der Waals surface area contributed by atoms with Crippen molar-refractivity contribution in [1.29, 1.82) is 0 Å². The van der Waals surface area contributed by atoms with E-state index in [4.69, 9.17) is 4.74 Å². The zero-order valence-electron chi connectivity index (χ0n) is 17.4. The third kappa shape index (κ3) is 4.72. The Morgan fingerprint density at radius 3 is 2.57 bits per heavy atom. The Hall–Kier alpha value is -2.38. The van der Waals surface area contributed by atoms with Gasteiger partial charge in [-0.3, -0.25) is 4.99 Å². The lowest BCUT2D eigenvalue weighted by atomic mass is 9.88. The molecule has 0 atom stereocenters. The minimum absolute atomic E-state index is 0.104. The monoisotopic (exact) mass is 384 g/mol. The van der Waals surface area contributed by atoms with Crippen molar-refractivity contribution in [3.05, 3.63) is 48.3 Å². The summed E-state index contributed by atoms with van der Waals surface area (Å²) in [6.45, 7) is 3.22. The number of nitrogens with zero attached hydrogens (tertiary/aromatic N) is 5. The van der Waals surface area contributed by atoms with E-state index >= 15 is 0 Å². The summed E-state index contributed by atoms with van der Waals surface area (Å²) in [7, 11) is 8.19. The van der Waals surface area contributed by atoms with E-state index in [2.05, 4.69) is 64.7 Å². The van der Waals surface area contributed by atoms with Gasteiger partial charge in [-0.2, -0.15) is 5.10 Å². The van der Waals surface area contributed by atoms with Crippen LogP contribution in [0, 0.1) is 0 Å². The van der Waals surface area contributed by atoms with Gasteiger partial charge in [0.15, 0.2) is 5.96 Å². The first-order valence-corrected chi connectivity index (χ1v) is 9.80. The third-order valence-electron chi connectivity index (χ3n) is 5.60. The molecule has 0 amide bonds. The zero-order chi connectivity index (χ0) is 20.0. The molecule has 152 valence electrons. The predicted octanol–water partition coefficient (Wildman–Crippen LogP) is 1.99. The van der Waals surface area contributed by atoms with Crippen molar-refractivity contribution < 1.29 is 4.74 Å². The summed E-state index contributed by atoms with van der Waals surface area (Å²) in [5.41, 5.74) is 2.31. The van der Waals surface area contributed by atoms with Crippen LogP contribution in [0.3, 0.4) is 0 Å². The van der Waals surface area contributed by atoms with Gasteiger partial charge in [-0.05, 0) is 39.1 Å². The largest absolute Gasteiger partial charge is 0.381 e. The van der Waals surface area contributed by atoms with Gasteiger partial charge in [0, 0.05) is 57.7 Å². The second-order valence-corrected chi connectivity index (χ2v) is 7.62. The molecule has 3 rings (SSSR count). The fourth-order valence-electron chi connectivity index (χ4n) is 3.67. The third-order valence-corrected chi connectivity index (χ3v) is 5.60. The predicted molar refractivity (Wildman–Crippen MR) is 113 cm³/mol. The van der Waals surface area contributed by atoms with Gasteiger partial charge >= 0.3 is 0 Å². The van der Waals surface area contributed by atoms with Crippen LogP contribution in [0.2, 0.25) is 0 Å². The quantitative estimate of drug-likeness (QED) is 0.610. The molecule has 7 heteroatoms. The summed E-state index contributed by atoms with van der Waals surface area (Å²) in [5, 5.41) is 8.06. The first kappa shape index (κ1) is 20.4. The lowest BCUT2D eigenvalue weighted by molar-refractivity contribution is -0.00522. The maximum absolute atomic E-state index is 5.57. The van der Waals surface area contributed by atoms with Crippen LogP contribution in [0.4, 0.5) is 0 Å². The molecule has 1 aliphatic rings. The van der Waals surface area contributed by atoms with E-state index in [1.54, 1.807) is 0 Å². The molecule has 2 heterocycles. The van der Waals surface area contributed by atoms with Gasteiger partial charge in [0.1, 0.15) is 0 Å². The average Bonchev–Trinajstić information content (AvgIpc) is 3.18. The number of rotatable bonds is 6. The highest BCUT2D eigenvalue weighted by Crippen LogP contribution is 2.25. The molecule has 1 aromatic carbocycles. The molecule has 7 nitrogen and oxygen atoms in total. The maximum atomic E-state index is 5.57. The second-order valence-electron chi connectivity index (χ2n) is 7.62. The van der Waals surface area contributed by atoms with Crippen LogP contribution in [0.25, 0.3) is 5.69 Å². The summed E-state index contributed by atoms with van der Waals surface area (Å²) in [6.07, 6.45) is 6.03. The van der Waals surface area contributed by atoms with Gasteiger partial charge < -0.3 is 19.9 Å². The van der Waals surface area contributed by atoms with Crippen LogP contribution in [-0.2, 0) is 11.3 Å². The molecule has 0 aliphatic carbocycles. The number of para-hydroxylation sites is 1. The van der Waals surface area contributed by atoms with Crippen molar-refractivity contribution in [2.75, 3.05) is 47.9 Å². The van der Waals surface area contributed by atoms with Crippen molar-refractivity contribution in [1.82, 2.24) is 24.9 Å². The van der Waals surface area contributed by atoms with Crippen LogP contribution < -0.4 is 5.32 Å². The summed E-state index contributed by atoms with van der Waals surface area (Å²) in [6, 6.07) is 10.2. The first-order valence-electron chi connectivity index (χ1n) is 9.80. The minimum Gasteiger partial charge on any atom is -0.381 e. The Morgan fingerprint density at radius 1 is 1.21 bits per heavy atom. The Morgan fingerprint density at radius 2 is 1.93 bits per heavy atom. The summed E-state index contributed by atoms with van der Waals surface area (Å²) < 4.78 is 7.47. The highest BCUT2D eigenvalue weighted by Gasteiger charge is 2.35. The number of nitrogens with one attached hydrogen (secondary N) is 1. The Labute approximate surface area is 168 Å². The molecule has 0 saturated carbocycles. The number of benzene rings is 1. The van der Waals surface area contributed by atoms with Gasteiger partial charge in [0.2, 0.25) is 0 Å². The molecule has 0 spiro atoms. The topological polar surface area (TPSA) is 57.9 Å². The molecule has 1 N–H and O–H groups in total. The van der Waals surface area contributed by atoms with Crippen LogP contribution in [0.1, 0.15) is 18.4 Å². The van der Waals surface area contributed by atoms with Crippen molar-refractivity contribution in [3.8, 4) is 5.69 Å². The summed E-state index contributed by atoms with van der Waals surface area (Å²) >= 11 is 0. The molecule has 1 aliphatic heterocycles. The van der Waals surface area contributed by atoms with Crippen LogP contribution in [-0.4, -0.2) is 79.0 Å². The minimum atomic E-state index is 0.104. The second kappa shape index (κ2) is 9.21. The van der Waals surface area contributed by atoms with E-state index in [1.165, 1.54) is 0 Å². The number of ether oxygens (including phenoxy) is 1. The summed E-state index contributed by atoms with van der Waals surface area (Å²) in [4.78, 5) is 8.93. The normalized spacial score (nSPS) is 17.0. The van der Waals surface area contributed by atoms with E-state index in [9.17, 15) is 0 Å². The van der Waals surface area contributed by atoms with E-state index in [1.807, 2.05) is 36.1 Å². The number of hydrogen-bond acceptors (Lipinski definition) is 4. The SMILES string of the molecule is CN=C(NCC1(N(C)C)CCOCC1)N(C)Cc1cnn(-c2ccccc2)c1. The number of hydrogen-bond donors (Lipinski definition) is 1. The van der Waals surface area contributed by atoms with Crippen molar-refractivity contribution in [2.45, 2.75) is 24.9 Å². The summed E-state index contributed by atoms with van der Waals surface area (Å²) in [5.74, 6) is 0.889. The van der Waals surface area contributed by atoms with Crippen LogP contribution in [0.5, 0.6) is 0 Å². The molecule has 0 bridgehead atoms. The molecule has 2 aromatic rings. The number of likely N-dealkylation sites (N-methyl/N-ethyl adjacent to an activating group) is 1. The van der Waals surface area contributed by atoms with E-state index in [-0.39, 0.29) is 5.54 Å². The molecule has 0 radical (unpaired) electrons. The maximum Gasteiger partial charge on any atom is 0.193 e. The molecule has 1 fully saturated rings. The van der Waals surface area contributed by atoms with Crippen molar-refractivity contribution in [3.63, 3.8) is 0 Å². The van der Waals surface area contributed by atoms with Crippen LogP contribution >= 0.6 is 0 Å².